The van der Waals surface area contributed by atoms with Gasteiger partial charge in [0.05, 0.1) is 24.0 Å². The summed E-state index contributed by atoms with van der Waals surface area (Å²) in [4.78, 5) is 26.2. The minimum atomic E-state index is -0.255. The number of rotatable bonds is 6. The molecular formula is C17H21N5O4S. The van der Waals surface area contributed by atoms with Gasteiger partial charge >= 0.3 is 5.97 Å². The number of hydrogen-bond acceptors (Lipinski definition) is 8. The molecule has 2 aromatic rings. The molecule has 27 heavy (non-hydrogen) atoms. The van der Waals surface area contributed by atoms with Gasteiger partial charge in [-0.1, -0.05) is 11.8 Å². The van der Waals surface area contributed by atoms with Crippen LogP contribution >= 0.6 is 11.8 Å². The average Bonchev–Trinajstić information content (AvgIpc) is 3.15. The molecule has 1 aliphatic heterocycles. The van der Waals surface area contributed by atoms with Crippen LogP contribution in [0.25, 0.3) is 5.69 Å². The van der Waals surface area contributed by atoms with Gasteiger partial charge in [-0.2, -0.15) is 4.68 Å². The van der Waals surface area contributed by atoms with E-state index < -0.39 is 0 Å². The van der Waals surface area contributed by atoms with Crippen molar-refractivity contribution < 1.29 is 19.4 Å². The van der Waals surface area contributed by atoms with E-state index in [0.29, 0.717) is 30.5 Å². The highest BCUT2D eigenvalue weighted by Gasteiger charge is 2.29. The van der Waals surface area contributed by atoms with Gasteiger partial charge in [-0.15, -0.1) is 5.10 Å². The zero-order valence-electron chi connectivity index (χ0n) is 14.9. The number of carbonyl (C=O) groups is 2. The van der Waals surface area contributed by atoms with Crippen LogP contribution in [0.5, 0.6) is 5.75 Å². The number of esters is 1. The average molecular weight is 391 g/mol. The maximum absolute atomic E-state index is 12.6. The number of aromatic nitrogens is 4. The maximum atomic E-state index is 12.6. The maximum Gasteiger partial charge on any atom is 0.310 e. The van der Waals surface area contributed by atoms with Gasteiger partial charge in [0.1, 0.15) is 5.75 Å². The molecule has 0 radical (unpaired) electrons. The van der Waals surface area contributed by atoms with E-state index in [2.05, 4.69) is 15.5 Å². The van der Waals surface area contributed by atoms with Gasteiger partial charge in [-0.3, -0.25) is 9.59 Å². The number of benzene rings is 1. The number of phenolic OH excluding ortho intramolecular Hbond substituents is 1. The van der Waals surface area contributed by atoms with Crippen molar-refractivity contribution in [2.45, 2.75) is 24.9 Å². The Bertz CT molecular complexity index is 795. The quantitative estimate of drug-likeness (QED) is 0.579. The third kappa shape index (κ3) is 4.76. The Hall–Kier alpha value is -2.62. The lowest BCUT2D eigenvalue weighted by Crippen LogP contribution is -2.43. The van der Waals surface area contributed by atoms with Gasteiger partial charge in [0.15, 0.2) is 0 Å². The fourth-order valence-electron chi connectivity index (χ4n) is 2.90. The molecule has 1 aliphatic rings. The number of aromatic hydroxyl groups is 1. The Kier molecular flexibility index (Phi) is 6.28. The molecule has 1 aromatic carbocycles. The lowest BCUT2D eigenvalue weighted by atomic mass is 9.98. The highest BCUT2D eigenvalue weighted by molar-refractivity contribution is 7.99. The Morgan fingerprint density at radius 2 is 2.11 bits per heavy atom. The summed E-state index contributed by atoms with van der Waals surface area (Å²) in [5, 5.41) is 21.4. The predicted octanol–water partition coefficient (Wildman–Crippen LogP) is 1.26. The molecule has 1 amide bonds. The molecule has 1 atom stereocenters. The standard InChI is InChI=1S/C17H21N5O4S/c1-2-26-16(25)12-4-3-9-21(10-12)15(24)11-27-17-18-19-20-22(17)13-5-7-14(23)8-6-13/h5-8,12,23H,2-4,9-11H2,1H3/t12-/m1/s1. The van der Waals surface area contributed by atoms with Crippen LogP contribution in [-0.4, -0.2) is 67.5 Å². The Labute approximate surface area is 160 Å². The Morgan fingerprint density at radius 3 is 2.85 bits per heavy atom. The summed E-state index contributed by atoms with van der Waals surface area (Å²) >= 11 is 1.23. The number of thioether (sulfide) groups is 1. The molecule has 3 rings (SSSR count). The number of piperidine rings is 1. The summed E-state index contributed by atoms with van der Waals surface area (Å²) in [5.74, 6) is -0.228. The van der Waals surface area contributed by atoms with Crippen molar-refractivity contribution in [1.82, 2.24) is 25.1 Å². The summed E-state index contributed by atoms with van der Waals surface area (Å²) in [6.07, 6.45) is 1.53. The second kappa shape index (κ2) is 8.85. The molecule has 1 saturated heterocycles. The van der Waals surface area contributed by atoms with E-state index in [1.54, 1.807) is 36.1 Å². The molecule has 2 heterocycles. The molecule has 0 bridgehead atoms. The van der Waals surface area contributed by atoms with E-state index in [0.717, 1.165) is 12.8 Å². The van der Waals surface area contributed by atoms with Crippen molar-refractivity contribution in [3.05, 3.63) is 24.3 Å². The Morgan fingerprint density at radius 1 is 1.33 bits per heavy atom. The first-order chi connectivity index (χ1) is 13.1. The number of ether oxygens (including phenoxy) is 1. The number of likely N-dealkylation sites (tertiary alicyclic amines) is 1. The number of hydrogen-bond donors (Lipinski definition) is 1. The monoisotopic (exact) mass is 391 g/mol. The first kappa shape index (κ1) is 19.2. The lowest BCUT2D eigenvalue weighted by molar-refractivity contribution is -0.151. The fraction of sp³-hybridized carbons (Fsp3) is 0.471. The molecule has 0 saturated carbocycles. The predicted molar refractivity (Wildman–Crippen MR) is 97.5 cm³/mol. The van der Waals surface area contributed by atoms with E-state index in [1.165, 1.54) is 16.4 Å². The number of carbonyl (C=O) groups excluding carboxylic acids is 2. The minimum absolute atomic E-state index is 0.0609. The molecule has 1 aromatic heterocycles. The van der Waals surface area contributed by atoms with Crippen molar-refractivity contribution in [2.75, 3.05) is 25.4 Å². The summed E-state index contributed by atoms with van der Waals surface area (Å²) in [6.45, 7) is 3.15. The lowest BCUT2D eigenvalue weighted by Gasteiger charge is -2.31. The molecule has 9 nitrogen and oxygen atoms in total. The second-order valence-corrected chi connectivity index (χ2v) is 7.05. The van der Waals surface area contributed by atoms with E-state index >= 15 is 0 Å². The summed E-state index contributed by atoms with van der Waals surface area (Å²) < 4.78 is 6.58. The third-order valence-corrected chi connectivity index (χ3v) is 5.16. The van der Waals surface area contributed by atoms with Crippen LogP contribution in [0, 0.1) is 5.92 Å². The van der Waals surface area contributed by atoms with Crippen LogP contribution in [0.3, 0.4) is 0 Å². The van der Waals surface area contributed by atoms with E-state index in [-0.39, 0.29) is 29.3 Å². The largest absolute Gasteiger partial charge is 0.508 e. The smallest absolute Gasteiger partial charge is 0.310 e. The fourth-order valence-corrected chi connectivity index (χ4v) is 3.69. The number of nitrogens with zero attached hydrogens (tertiary/aromatic N) is 5. The summed E-state index contributed by atoms with van der Waals surface area (Å²) in [5.41, 5.74) is 0.688. The van der Waals surface area contributed by atoms with Gasteiger partial charge in [-0.25, -0.2) is 0 Å². The van der Waals surface area contributed by atoms with Gasteiger partial charge < -0.3 is 14.7 Å². The van der Waals surface area contributed by atoms with Gasteiger partial charge in [0, 0.05) is 13.1 Å². The molecule has 1 N–H and O–H groups in total. The van der Waals surface area contributed by atoms with Crippen LogP contribution in [0.2, 0.25) is 0 Å². The van der Waals surface area contributed by atoms with Crippen molar-refractivity contribution in [2.24, 2.45) is 5.92 Å². The molecule has 0 aliphatic carbocycles. The van der Waals surface area contributed by atoms with Gasteiger partial charge in [-0.05, 0) is 54.5 Å². The van der Waals surface area contributed by atoms with Crippen molar-refractivity contribution in [3.8, 4) is 11.4 Å². The second-order valence-electron chi connectivity index (χ2n) is 6.11. The van der Waals surface area contributed by atoms with Crippen LogP contribution < -0.4 is 0 Å². The number of phenols is 1. The Balaban J connectivity index is 1.59. The third-order valence-electron chi connectivity index (χ3n) is 4.25. The first-order valence-electron chi connectivity index (χ1n) is 8.73. The summed E-state index contributed by atoms with van der Waals surface area (Å²) in [7, 11) is 0. The highest BCUT2D eigenvalue weighted by atomic mass is 32.2. The molecule has 10 heteroatoms. The minimum Gasteiger partial charge on any atom is -0.508 e. The van der Waals surface area contributed by atoms with E-state index in [4.69, 9.17) is 4.74 Å². The van der Waals surface area contributed by atoms with Crippen molar-refractivity contribution in [3.63, 3.8) is 0 Å². The normalized spacial score (nSPS) is 16.9. The molecule has 144 valence electrons. The van der Waals surface area contributed by atoms with Crippen molar-refractivity contribution >= 4 is 23.6 Å². The van der Waals surface area contributed by atoms with Gasteiger partial charge in [0.25, 0.3) is 0 Å². The van der Waals surface area contributed by atoms with Gasteiger partial charge in [0.2, 0.25) is 11.1 Å². The molecule has 0 unspecified atom stereocenters. The topological polar surface area (TPSA) is 110 Å². The van der Waals surface area contributed by atoms with Crippen molar-refractivity contribution in [1.29, 1.82) is 0 Å². The number of tetrazole rings is 1. The first-order valence-corrected chi connectivity index (χ1v) is 9.72. The van der Waals surface area contributed by atoms with Crippen LogP contribution in [-0.2, 0) is 14.3 Å². The van der Waals surface area contributed by atoms with Crippen LogP contribution in [0.1, 0.15) is 19.8 Å². The van der Waals surface area contributed by atoms with E-state index in [1.807, 2.05) is 0 Å². The van der Waals surface area contributed by atoms with Crippen LogP contribution in [0.4, 0.5) is 0 Å². The zero-order valence-corrected chi connectivity index (χ0v) is 15.8. The molecule has 1 fully saturated rings. The molecular weight excluding hydrogens is 370 g/mol. The van der Waals surface area contributed by atoms with Crippen LogP contribution in [0.15, 0.2) is 29.4 Å². The van der Waals surface area contributed by atoms with E-state index in [9.17, 15) is 14.7 Å². The SMILES string of the molecule is CCOC(=O)[C@@H]1CCCN(C(=O)CSc2nnnn2-c2ccc(O)cc2)C1. The zero-order chi connectivity index (χ0) is 19.2. The number of amides is 1. The molecule has 0 spiro atoms. The highest BCUT2D eigenvalue weighted by Crippen LogP contribution is 2.22. The summed E-state index contributed by atoms with van der Waals surface area (Å²) in [6, 6.07) is 6.46.